The van der Waals surface area contributed by atoms with E-state index in [0.29, 0.717) is 17.4 Å². The molecule has 8 heteroatoms. The van der Waals surface area contributed by atoms with E-state index < -0.39 is 10.1 Å². The van der Waals surface area contributed by atoms with Crippen LogP contribution in [0, 0.1) is 0 Å². The van der Waals surface area contributed by atoms with E-state index in [1.54, 1.807) is 12.1 Å². The molecule has 3 aromatic carbocycles. The molecular weight excluding hydrogens is 376 g/mol. The Morgan fingerprint density at radius 1 is 1.08 bits per heavy atom. The molecule has 0 amide bonds. The van der Waals surface area contributed by atoms with Crippen LogP contribution >= 0.6 is 11.6 Å². The molecule has 0 radical (unpaired) electrons. The van der Waals surface area contributed by atoms with Gasteiger partial charge in [-0.2, -0.15) is 13.5 Å². The number of phenols is 1. The summed E-state index contributed by atoms with van der Waals surface area (Å²) in [4.78, 5) is -0.365. The van der Waals surface area contributed by atoms with Crippen LogP contribution in [0.25, 0.3) is 10.8 Å². The monoisotopic (exact) mass is 390 g/mol. The lowest BCUT2D eigenvalue weighted by molar-refractivity contribution is 0.477. The number of halogens is 1. The number of benzene rings is 3. The second kappa shape index (κ2) is 7.03. The Bertz CT molecular complexity index is 1130. The van der Waals surface area contributed by atoms with Crippen LogP contribution in [0.5, 0.6) is 5.75 Å². The maximum atomic E-state index is 11.4. The molecule has 0 saturated heterocycles. The van der Waals surface area contributed by atoms with E-state index in [4.69, 9.17) is 11.6 Å². The van der Waals surface area contributed by atoms with E-state index in [1.807, 2.05) is 25.1 Å². The van der Waals surface area contributed by atoms with Crippen molar-refractivity contribution in [1.82, 2.24) is 0 Å². The minimum Gasteiger partial charge on any atom is -0.506 e. The third-order valence-corrected chi connectivity index (χ3v) is 5.10. The van der Waals surface area contributed by atoms with Crippen molar-refractivity contribution in [1.29, 1.82) is 0 Å². The van der Waals surface area contributed by atoms with E-state index in [-0.39, 0.29) is 27.0 Å². The van der Waals surface area contributed by atoms with E-state index in [1.165, 1.54) is 18.2 Å². The summed E-state index contributed by atoms with van der Waals surface area (Å²) >= 11 is 6.12. The zero-order valence-corrected chi connectivity index (χ0v) is 15.3. The molecule has 26 heavy (non-hydrogen) atoms. The zero-order chi connectivity index (χ0) is 18.9. The number of fused-ring (bicyclic) bond motifs is 1. The largest absolute Gasteiger partial charge is 0.506 e. The third-order valence-electron chi connectivity index (χ3n) is 3.93. The Balaban J connectivity index is 2.18. The first-order chi connectivity index (χ1) is 12.3. The summed E-state index contributed by atoms with van der Waals surface area (Å²) in [6.45, 7) is 1.84. The quantitative estimate of drug-likeness (QED) is 0.458. The molecule has 6 nitrogen and oxygen atoms in total. The van der Waals surface area contributed by atoms with Gasteiger partial charge >= 0.3 is 0 Å². The second-order valence-electron chi connectivity index (χ2n) is 5.59. The van der Waals surface area contributed by atoms with Crippen molar-refractivity contribution in [2.24, 2.45) is 10.2 Å². The molecule has 2 N–H and O–H groups in total. The van der Waals surface area contributed by atoms with Crippen LogP contribution < -0.4 is 0 Å². The first-order valence-corrected chi connectivity index (χ1v) is 9.55. The van der Waals surface area contributed by atoms with Gasteiger partial charge < -0.3 is 5.11 Å². The van der Waals surface area contributed by atoms with Crippen LogP contribution in [-0.4, -0.2) is 18.1 Å². The van der Waals surface area contributed by atoms with Gasteiger partial charge in [-0.25, -0.2) is 0 Å². The molecule has 0 saturated carbocycles. The molecule has 0 aromatic heterocycles. The minimum atomic E-state index is -4.43. The van der Waals surface area contributed by atoms with Crippen molar-refractivity contribution in [3.8, 4) is 5.75 Å². The average molecular weight is 391 g/mol. The van der Waals surface area contributed by atoms with E-state index in [2.05, 4.69) is 10.2 Å². The smallest absolute Gasteiger partial charge is 0.294 e. The topological polar surface area (TPSA) is 99.3 Å². The highest BCUT2D eigenvalue weighted by atomic mass is 35.5. The molecule has 134 valence electrons. The lowest BCUT2D eigenvalue weighted by atomic mass is 10.1. The van der Waals surface area contributed by atoms with Gasteiger partial charge in [-0.3, -0.25) is 4.55 Å². The maximum Gasteiger partial charge on any atom is 0.294 e. The summed E-state index contributed by atoms with van der Waals surface area (Å²) < 4.78 is 32.1. The molecule has 0 spiro atoms. The summed E-state index contributed by atoms with van der Waals surface area (Å²) in [6.07, 6.45) is 0.487. The first kappa shape index (κ1) is 18.3. The highest BCUT2D eigenvalue weighted by Gasteiger charge is 2.16. The van der Waals surface area contributed by atoms with Crippen LogP contribution in [0.3, 0.4) is 0 Å². The number of azo groups is 1. The summed E-state index contributed by atoms with van der Waals surface area (Å²) in [7, 11) is -4.43. The summed E-state index contributed by atoms with van der Waals surface area (Å²) in [6, 6.07) is 13.0. The van der Waals surface area contributed by atoms with Crippen molar-refractivity contribution in [2.75, 3.05) is 0 Å². The Labute approximate surface area is 155 Å². The van der Waals surface area contributed by atoms with Crippen LogP contribution in [0.2, 0.25) is 5.02 Å². The van der Waals surface area contributed by atoms with Crippen LogP contribution in [-0.2, 0) is 16.5 Å². The first-order valence-electron chi connectivity index (χ1n) is 7.73. The molecule has 0 bridgehead atoms. The number of hydrogen-bond acceptors (Lipinski definition) is 5. The fourth-order valence-corrected chi connectivity index (χ4v) is 3.58. The fraction of sp³-hybridized carbons (Fsp3) is 0.111. The molecule has 0 aliphatic carbocycles. The highest BCUT2D eigenvalue weighted by Crippen LogP contribution is 2.37. The summed E-state index contributed by atoms with van der Waals surface area (Å²) in [5.74, 6) is -0.0532. The van der Waals surface area contributed by atoms with E-state index >= 15 is 0 Å². The van der Waals surface area contributed by atoms with Crippen molar-refractivity contribution in [3.05, 3.63) is 59.1 Å². The van der Waals surface area contributed by atoms with Crippen LogP contribution in [0.1, 0.15) is 12.5 Å². The van der Waals surface area contributed by atoms with Crippen molar-refractivity contribution < 1.29 is 18.1 Å². The normalized spacial score (nSPS) is 12.1. The zero-order valence-electron chi connectivity index (χ0n) is 13.7. The Morgan fingerprint density at radius 3 is 2.50 bits per heavy atom. The molecule has 0 fully saturated rings. The highest BCUT2D eigenvalue weighted by molar-refractivity contribution is 7.85. The van der Waals surface area contributed by atoms with Gasteiger partial charge in [0.15, 0.2) is 0 Å². The number of aromatic hydroxyl groups is 1. The molecule has 0 aliphatic heterocycles. The van der Waals surface area contributed by atoms with Gasteiger partial charge in [0.25, 0.3) is 10.1 Å². The predicted molar refractivity (Wildman–Crippen MR) is 100 cm³/mol. The van der Waals surface area contributed by atoms with E-state index in [0.717, 1.165) is 5.39 Å². The number of hydrogen-bond donors (Lipinski definition) is 2. The molecule has 0 aliphatic rings. The van der Waals surface area contributed by atoms with Crippen LogP contribution in [0.4, 0.5) is 11.4 Å². The van der Waals surface area contributed by atoms with Crippen molar-refractivity contribution in [2.45, 2.75) is 18.2 Å². The average Bonchev–Trinajstić information content (AvgIpc) is 2.59. The number of nitrogens with zero attached hydrogens (tertiary/aromatic N) is 2. The van der Waals surface area contributed by atoms with Gasteiger partial charge in [0.05, 0.1) is 10.6 Å². The van der Waals surface area contributed by atoms with Crippen molar-refractivity contribution in [3.63, 3.8) is 0 Å². The van der Waals surface area contributed by atoms with E-state index in [9.17, 15) is 18.1 Å². The Hall–Kier alpha value is -2.48. The van der Waals surface area contributed by atoms with Gasteiger partial charge in [-0.15, -0.1) is 5.11 Å². The van der Waals surface area contributed by atoms with Gasteiger partial charge in [0.1, 0.15) is 11.4 Å². The maximum absolute atomic E-state index is 11.4. The summed E-state index contributed by atoms with van der Waals surface area (Å²) in [5.41, 5.74) is 1.06. The van der Waals surface area contributed by atoms with Gasteiger partial charge in [-0.05, 0) is 35.6 Å². The molecule has 0 heterocycles. The Morgan fingerprint density at radius 2 is 1.81 bits per heavy atom. The molecule has 3 rings (SSSR count). The van der Waals surface area contributed by atoms with Gasteiger partial charge in [0, 0.05) is 10.4 Å². The molecular formula is C18H15ClN2O4S. The van der Waals surface area contributed by atoms with Gasteiger partial charge in [0.2, 0.25) is 0 Å². The van der Waals surface area contributed by atoms with Gasteiger partial charge in [-0.1, -0.05) is 48.9 Å². The second-order valence-corrected chi connectivity index (χ2v) is 7.41. The van der Waals surface area contributed by atoms with Crippen LogP contribution in [0.15, 0.2) is 63.7 Å². The standard InChI is InChI=1S/C18H15ClN2O4S/c1-2-13-15(19)9-12(26(23,24)25)10-16(13)20-21-18-14-6-4-3-5-11(14)7-8-17(18)22/h3-10,22H,2H2,1H3,(H,23,24,25). The molecule has 0 atom stereocenters. The third kappa shape index (κ3) is 3.55. The molecule has 3 aromatic rings. The van der Waals surface area contributed by atoms with Crippen molar-refractivity contribution >= 4 is 43.9 Å². The number of phenolic OH excluding ortho intramolecular Hbond substituents is 1. The predicted octanol–water partition coefficient (Wildman–Crippen LogP) is 5.42. The summed E-state index contributed by atoms with van der Waals surface area (Å²) in [5, 5.41) is 20.1. The lowest BCUT2D eigenvalue weighted by Gasteiger charge is -2.08. The Kier molecular flexibility index (Phi) is 4.95. The fourth-order valence-electron chi connectivity index (χ4n) is 2.64. The molecule has 0 unspecified atom stereocenters. The lowest BCUT2D eigenvalue weighted by Crippen LogP contribution is -1.99. The number of rotatable bonds is 4. The SMILES string of the molecule is CCc1c(Cl)cc(S(=O)(=O)O)cc1N=Nc1c(O)ccc2ccccc12. The minimum absolute atomic E-state index is 0.0532.